The van der Waals surface area contributed by atoms with Gasteiger partial charge in [-0.1, -0.05) is 39.5 Å². The first-order valence-electron chi connectivity index (χ1n) is 7.54. The topological polar surface area (TPSA) is 26.3 Å². The molecule has 19 heavy (non-hydrogen) atoms. The van der Waals surface area contributed by atoms with Gasteiger partial charge in [-0.3, -0.25) is 4.79 Å². The molecule has 0 amide bonds. The van der Waals surface area contributed by atoms with E-state index in [9.17, 15) is 4.79 Å². The van der Waals surface area contributed by atoms with Crippen molar-refractivity contribution in [2.75, 3.05) is 6.61 Å². The maximum atomic E-state index is 12.0. The first kappa shape index (κ1) is 15.7. The monoisotopic (exact) mass is 262 g/mol. The Morgan fingerprint density at radius 2 is 1.63 bits per heavy atom. The predicted octanol–water partition coefficient (Wildman–Crippen LogP) is 5.02. The zero-order valence-electron chi connectivity index (χ0n) is 12.3. The van der Waals surface area contributed by atoms with E-state index in [2.05, 4.69) is 13.8 Å². The van der Waals surface area contributed by atoms with Gasteiger partial charge < -0.3 is 4.74 Å². The molecule has 0 atom stereocenters. The summed E-state index contributed by atoms with van der Waals surface area (Å²) < 4.78 is 5.50. The van der Waals surface area contributed by atoms with Crippen LogP contribution >= 0.6 is 0 Å². The molecular weight excluding hydrogens is 236 g/mol. The lowest BCUT2D eigenvalue weighted by molar-refractivity contribution is 0.0979. The van der Waals surface area contributed by atoms with E-state index < -0.39 is 0 Å². The van der Waals surface area contributed by atoms with E-state index in [1.165, 1.54) is 19.3 Å². The number of Topliss-reactive ketones (excluding diaryl/α,β-unsaturated/α-hetero) is 1. The van der Waals surface area contributed by atoms with E-state index in [-0.39, 0.29) is 5.78 Å². The standard InChI is InChI=1S/C17H26O2/c1-3-5-6-7-8-9-17(18)15-10-12-16(13-11-15)19-14-4-2/h10-13H,3-9,14H2,1-2H3. The van der Waals surface area contributed by atoms with Crippen LogP contribution < -0.4 is 4.74 Å². The summed E-state index contributed by atoms with van der Waals surface area (Å²) in [6.07, 6.45) is 7.60. The molecule has 0 aromatic heterocycles. The van der Waals surface area contributed by atoms with Crippen molar-refractivity contribution in [2.45, 2.75) is 58.8 Å². The highest BCUT2D eigenvalue weighted by Crippen LogP contribution is 2.15. The van der Waals surface area contributed by atoms with Crippen LogP contribution in [-0.2, 0) is 0 Å². The Hall–Kier alpha value is -1.31. The molecule has 0 heterocycles. The summed E-state index contributed by atoms with van der Waals surface area (Å²) in [6.45, 7) is 5.01. The molecule has 0 unspecified atom stereocenters. The van der Waals surface area contributed by atoms with Crippen molar-refractivity contribution in [3.8, 4) is 5.75 Å². The number of carbonyl (C=O) groups excluding carboxylic acids is 1. The van der Waals surface area contributed by atoms with Gasteiger partial charge in [0.25, 0.3) is 0 Å². The average molecular weight is 262 g/mol. The number of hydrogen-bond acceptors (Lipinski definition) is 2. The van der Waals surface area contributed by atoms with Crippen LogP contribution in [0.25, 0.3) is 0 Å². The van der Waals surface area contributed by atoms with Gasteiger partial charge >= 0.3 is 0 Å². The van der Waals surface area contributed by atoms with Crippen molar-refractivity contribution in [1.29, 1.82) is 0 Å². The second-order valence-corrected chi connectivity index (χ2v) is 4.96. The van der Waals surface area contributed by atoms with Crippen LogP contribution in [0.5, 0.6) is 5.75 Å². The fourth-order valence-corrected chi connectivity index (χ4v) is 1.99. The highest BCUT2D eigenvalue weighted by Gasteiger charge is 2.05. The minimum absolute atomic E-state index is 0.249. The lowest BCUT2D eigenvalue weighted by atomic mass is 10.0. The zero-order valence-corrected chi connectivity index (χ0v) is 12.3. The smallest absolute Gasteiger partial charge is 0.162 e. The fraction of sp³-hybridized carbons (Fsp3) is 0.588. The van der Waals surface area contributed by atoms with E-state index in [0.717, 1.165) is 37.2 Å². The van der Waals surface area contributed by atoms with Gasteiger partial charge in [-0.25, -0.2) is 0 Å². The Balaban J connectivity index is 2.32. The van der Waals surface area contributed by atoms with Crippen molar-refractivity contribution in [2.24, 2.45) is 0 Å². The van der Waals surface area contributed by atoms with Crippen LogP contribution in [0.2, 0.25) is 0 Å². The Morgan fingerprint density at radius 1 is 0.947 bits per heavy atom. The molecule has 0 N–H and O–H groups in total. The van der Waals surface area contributed by atoms with E-state index in [4.69, 9.17) is 4.74 Å². The van der Waals surface area contributed by atoms with Gasteiger partial charge in [0.05, 0.1) is 6.61 Å². The Labute approximate surface area is 117 Å². The summed E-state index contributed by atoms with van der Waals surface area (Å²) in [5, 5.41) is 0. The van der Waals surface area contributed by atoms with Gasteiger partial charge in [0.2, 0.25) is 0 Å². The molecule has 0 aliphatic rings. The number of ether oxygens (including phenoxy) is 1. The van der Waals surface area contributed by atoms with Crippen molar-refractivity contribution < 1.29 is 9.53 Å². The van der Waals surface area contributed by atoms with Crippen LogP contribution in [0.4, 0.5) is 0 Å². The number of rotatable bonds is 10. The molecule has 106 valence electrons. The molecule has 0 bridgehead atoms. The quantitative estimate of drug-likeness (QED) is 0.437. The maximum Gasteiger partial charge on any atom is 0.162 e. The number of hydrogen-bond donors (Lipinski definition) is 0. The van der Waals surface area contributed by atoms with E-state index in [0.29, 0.717) is 6.42 Å². The van der Waals surface area contributed by atoms with Crippen molar-refractivity contribution in [1.82, 2.24) is 0 Å². The largest absolute Gasteiger partial charge is 0.494 e. The Kier molecular flexibility index (Phi) is 7.95. The summed E-state index contributed by atoms with van der Waals surface area (Å²) >= 11 is 0. The third-order valence-corrected chi connectivity index (χ3v) is 3.16. The van der Waals surface area contributed by atoms with Crippen molar-refractivity contribution in [3.05, 3.63) is 29.8 Å². The summed E-state index contributed by atoms with van der Waals surface area (Å²) in [5.74, 6) is 1.10. The molecule has 1 aromatic rings. The van der Waals surface area contributed by atoms with Crippen LogP contribution in [0.1, 0.15) is 69.2 Å². The molecule has 2 heteroatoms. The summed E-state index contributed by atoms with van der Waals surface area (Å²) in [5.41, 5.74) is 0.805. The Morgan fingerprint density at radius 3 is 2.26 bits per heavy atom. The second-order valence-electron chi connectivity index (χ2n) is 4.96. The SMILES string of the molecule is CCCCCCCC(=O)c1ccc(OCCC)cc1. The normalized spacial score (nSPS) is 10.4. The molecule has 2 nitrogen and oxygen atoms in total. The molecule has 0 saturated carbocycles. The number of carbonyl (C=O) groups is 1. The molecule has 0 aliphatic heterocycles. The van der Waals surface area contributed by atoms with E-state index in [1.54, 1.807) is 0 Å². The molecule has 0 aliphatic carbocycles. The summed E-state index contributed by atoms with van der Waals surface area (Å²) in [7, 11) is 0. The first-order chi connectivity index (χ1) is 9.27. The van der Waals surface area contributed by atoms with Crippen LogP contribution in [0.3, 0.4) is 0 Å². The minimum atomic E-state index is 0.249. The van der Waals surface area contributed by atoms with Crippen LogP contribution in [0.15, 0.2) is 24.3 Å². The van der Waals surface area contributed by atoms with Crippen molar-refractivity contribution >= 4 is 5.78 Å². The van der Waals surface area contributed by atoms with E-state index >= 15 is 0 Å². The van der Waals surface area contributed by atoms with Gasteiger partial charge in [0.15, 0.2) is 5.78 Å². The summed E-state index contributed by atoms with van der Waals surface area (Å²) in [4.78, 5) is 12.0. The van der Waals surface area contributed by atoms with Gasteiger partial charge in [-0.05, 0) is 37.1 Å². The number of benzene rings is 1. The van der Waals surface area contributed by atoms with Crippen LogP contribution in [0, 0.1) is 0 Å². The highest BCUT2D eigenvalue weighted by atomic mass is 16.5. The molecule has 0 fully saturated rings. The fourth-order valence-electron chi connectivity index (χ4n) is 1.99. The summed E-state index contributed by atoms with van der Waals surface area (Å²) in [6, 6.07) is 7.53. The molecule has 1 aromatic carbocycles. The number of unbranched alkanes of at least 4 members (excludes halogenated alkanes) is 4. The molecular formula is C17H26O2. The molecule has 0 spiro atoms. The first-order valence-corrected chi connectivity index (χ1v) is 7.54. The van der Waals surface area contributed by atoms with Gasteiger partial charge in [0.1, 0.15) is 5.75 Å². The predicted molar refractivity (Wildman–Crippen MR) is 79.9 cm³/mol. The maximum absolute atomic E-state index is 12.0. The van der Waals surface area contributed by atoms with Crippen LogP contribution in [-0.4, -0.2) is 12.4 Å². The number of ketones is 1. The minimum Gasteiger partial charge on any atom is -0.494 e. The lowest BCUT2D eigenvalue weighted by Gasteiger charge is -2.05. The Bertz CT molecular complexity index is 354. The molecule has 0 radical (unpaired) electrons. The average Bonchev–Trinajstić information content (AvgIpc) is 2.45. The highest BCUT2D eigenvalue weighted by molar-refractivity contribution is 5.96. The lowest BCUT2D eigenvalue weighted by Crippen LogP contribution is -2.00. The second kappa shape index (κ2) is 9.60. The van der Waals surface area contributed by atoms with Gasteiger partial charge in [0, 0.05) is 12.0 Å². The third-order valence-electron chi connectivity index (χ3n) is 3.16. The molecule has 0 saturated heterocycles. The molecule has 1 rings (SSSR count). The van der Waals surface area contributed by atoms with Gasteiger partial charge in [-0.2, -0.15) is 0 Å². The van der Waals surface area contributed by atoms with Crippen molar-refractivity contribution in [3.63, 3.8) is 0 Å². The zero-order chi connectivity index (χ0) is 13.9. The third kappa shape index (κ3) is 6.42. The van der Waals surface area contributed by atoms with E-state index in [1.807, 2.05) is 24.3 Å². The van der Waals surface area contributed by atoms with Gasteiger partial charge in [-0.15, -0.1) is 0 Å².